The van der Waals surface area contributed by atoms with Gasteiger partial charge in [0.2, 0.25) is 0 Å². The van der Waals surface area contributed by atoms with Crippen molar-refractivity contribution in [3.63, 3.8) is 0 Å². The quantitative estimate of drug-likeness (QED) is 0.387. The van der Waals surface area contributed by atoms with Gasteiger partial charge in [0.1, 0.15) is 11.4 Å². The fourth-order valence-electron chi connectivity index (χ4n) is 3.15. The number of hydrogen-bond donors (Lipinski definition) is 2. The van der Waals surface area contributed by atoms with Crippen molar-refractivity contribution >= 4 is 28.9 Å². The zero-order chi connectivity index (χ0) is 22.3. The van der Waals surface area contributed by atoms with Crippen molar-refractivity contribution in [2.75, 3.05) is 0 Å². The van der Waals surface area contributed by atoms with Gasteiger partial charge in [0.15, 0.2) is 0 Å². The van der Waals surface area contributed by atoms with Gasteiger partial charge in [-0.1, -0.05) is 23.7 Å². The molecule has 0 spiro atoms. The molecule has 2 aromatic carbocycles. The first-order valence-electron chi connectivity index (χ1n) is 9.36. The Bertz CT molecular complexity index is 1290. The molecule has 0 radical (unpaired) electrons. The van der Waals surface area contributed by atoms with Crippen LogP contribution >= 0.6 is 22.9 Å². The maximum absolute atomic E-state index is 14.0. The number of halogens is 2. The minimum absolute atomic E-state index is 0.115. The van der Waals surface area contributed by atoms with Crippen LogP contribution in [-0.2, 0) is 5.60 Å². The van der Waals surface area contributed by atoms with Gasteiger partial charge in [-0.3, -0.25) is 0 Å². The summed E-state index contributed by atoms with van der Waals surface area (Å²) in [7, 11) is 0. The Balaban J connectivity index is 1.85. The summed E-state index contributed by atoms with van der Waals surface area (Å²) in [6, 6.07) is 16.4. The summed E-state index contributed by atoms with van der Waals surface area (Å²) in [5, 5.41) is 24.8. The summed E-state index contributed by atoms with van der Waals surface area (Å²) < 4.78 is 15.6. The average molecular weight is 457 g/mol. The largest absolute Gasteiger partial charge is 0.478 e. The van der Waals surface area contributed by atoms with Crippen molar-refractivity contribution in [3.05, 3.63) is 82.8 Å². The molecule has 0 amide bonds. The van der Waals surface area contributed by atoms with Gasteiger partial charge in [-0.05, 0) is 67.9 Å². The zero-order valence-electron chi connectivity index (χ0n) is 16.6. The molecule has 8 heteroatoms. The molecule has 0 aliphatic heterocycles. The molecule has 0 aliphatic rings. The van der Waals surface area contributed by atoms with E-state index in [2.05, 4.69) is 5.10 Å². The summed E-state index contributed by atoms with van der Waals surface area (Å²) in [6.45, 7) is 3.30. The molecule has 2 N–H and O–H groups in total. The molecule has 0 fully saturated rings. The third-order valence-electron chi connectivity index (χ3n) is 4.70. The number of aromatic carboxylic acids is 1. The number of nitrogens with zero attached hydrogens (tertiary/aromatic N) is 2. The number of carbonyl (C=O) groups is 1. The number of carboxylic acids is 1. The Labute approximate surface area is 187 Å². The van der Waals surface area contributed by atoms with E-state index in [1.807, 2.05) is 24.3 Å². The second kappa shape index (κ2) is 7.92. The van der Waals surface area contributed by atoms with Gasteiger partial charge in [0.25, 0.3) is 0 Å². The number of aromatic nitrogens is 2. The van der Waals surface area contributed by atoms with E-state index in [4.69, 9.17) is 11.6 Å². The molecule has 158 valence electrons. The van der Waals surface area contributed by atoms with E-state index in [0.29, 0.717) is 32.5 Å². The lowest BCUT2D eigenvalue weighted by atomic mass is 10.1. The molecule has 0 unspecified atom stereocenters. The fourth-order valence-corrected chi connectivity index (χ4v) is 4.36. The van der Waals surface area contributed by atoms with Gasteiger partial charge in [0, 0.05) is 4.88 Å². The molecule has 31 heavy (non-hydrogen) atoms. The molecule has 0 atom stereocenters. The van der Waals surface area contributed by atoms with E-state index < -0.39 is 17.4 Å². The standard InChI is InChI=1S/C23H18ClFN2O3S/c1-23(2,30)21-12-18(27(26-21)17-6-4-3-5-16(17)24)20-8-7-19(31-20)13-9-14(22(28)29)11-15(25)10-13/h3-12,30H,1-2H3,(H,28,29). The normalized spacial score (nSPS) is 11.6. The number of para-hydroxylation sites is 1. The molecule has 0 saturated heterocycles. The maximum Gasteiger partial charge on any atom is 0.335 e. The predicted octanol–water partition coefficient (Wildman–Crippen LogP) is 5.99. The van der Waals surface area contributed by atoms with Gasteiger partial charge >= 0.3 is 5.97 Å². The Morgan fingerprint density at radius 1 is 1.10 bits per heavy atom. The van der Waals surface area contributed by atoms with Crippen molar-refractivity contribution < 1.29 is 19.4 Å². The second-order valence-corrected chi connectivity index (χ2v) is 9.03. The number of carboxylic acid groups (broad SMARTS) is 1. The maximum atomic E-state index is 14.0. The first kappa shape index (κ1) is 21.2. The Kier molecular flexibility index (Phi) is 5.43. The van der Waals surface area contributed by atoms with Crippen LogP contribution in [0.5, 0.6) is 0 Å². The van der Waals surface area contributed by atoms with Crippen molar-refractivity contribution in [2.24, 2.45) is 0 Å². The topological polar surface area (TPSA) is 75.3 Å². The highest BCUT2D eigenvalue weighted by atomic mass is 35.5. The lowest BCUT2D eigenvalue weighted by molar-refractivity contribution is 0.0695. The Morgan fingerprint density at radius 3 is 2.48 bits per heavy atom. The van der Waals surface area contributed by atoms with E-state index >= 15 is 0 Å². The SMILES string of the molecule is CC(C)(O)c1cc(-c2ccc(-c3cc(F)cc(C(=O)O)c3)s2)n(-c2ccccc2Cl)n1. The zero-order valence-corrected chi connectivity index (χ0v) is 18.2. The van der Waals surface area contributed by atoms with Crippen LogP contribution in [0.25, 0.3) is 26.7 Å². The van der Waals surface area contributed by atoms with Crippen LogP contribution < -0.4 is 0 Å². The van der Waals surface area contributed by atoms with Gasteiger partial charge in [-0.2, -0.15) is 5.10 Å². The van der Waals surface area contributed by atoms with Crippen molar-refractivity contribution in [1.29, 1.82) is 0 Å². The van der Waals surface area contributed by atoms with Gasteiger partial charge in [-0.15, -0.1) is 11.3 Å². The fraction of sp³-hybridized carbons (Fsp3) is 0.130. The number of thiophene rings is 1. The Hall–Kier alpha value is -3.00. The van der Waals surface area contributed by atoms with Crippen molar-refractivity contribution in [1.82, 2.24) is 9.78 Å². The monoisotopic (exact) mass is 456 g/mol. The molecule has 4 aromatic rings. The third-order valence-corrected chi connectivity index (χ3v) is 6.18. The summed E-state index contributed by atoms with van der Waals surface area (Å²) in [5.74, 6) is -1.81. The summed E-state index contributed by atoms with van der Waals surface area (Å²) in [6.07, 6.45) is 0. The molecule has 2 aromatic heterocycles. The van der Waals surface area contributed by atoms with E-state index in [1.54, 1.807) is 36.7 Å². The summed E-state index contributed by atoms with van der Waals surface area (Å²) in [5.41, 5.74) is 1.02. The summed E-state index contributed by atoms with van der Waals surface area (Å²) in [4.78, 5) is 12.8. The smallest absolute Gasteiger partial charge is 0.335 e. The minimum atomic E-state index is -1.19. The lowest BCUT2D eigenvalue weighted by Crippen LogP contribution is -2.16. The summed E-state index contributed by atoms with van der Waals surface area (Å²) >= 11 is 7.75. The molecule has 0 saturated carbocycles. The van der Waals surface area contributed by atoms with Crippen LogP contribution in [0.15, 0.2) is 60.7 Å². The van der Waals surface area contributed by atoms with E-state index in [1.165, 1.54) is 23.5 Å². The van der Waals surface area contributed by atoms with Crippen LogP contribution in [0.2, 0.25) is 5.02 Å². The molecular formula is C23H18ClFN2O3S. The minimum Gasteiger partial charge on any atom is -0.478 e. The highest BCUT2D eigenvalue weighted by molar-refractivity contribution is 7.18. The van der Waals surface area contributed by atoms with Crippen LogP contribution in [0.4, 0.5) is 4.39 Å². The molecule has 0 bridgehead atoms. The number of hydrogen-bond acceptors (Lipinski definition) is 4. The molecule has 4 rings (SSSR count). The van der Waals surface area contributed by atoms with E-state index in [9.17, 15) is 19.4 Å². The number of benzene rings is 2. The highest BCUT2D eigenvalue weighted by Gasteiger charge is 2.24. The third kappa shape index (κ3) is 4.25. The van der Waals surface area contributed by atoms with Crippen LogP contribution in [0.1, 0.15) is 29.9 Å². The van der Waals surface area contributed by atoms with Crippen LogP contribution in [0.3, 0.4) is 0 Å². The molecule has 5 nitrogen and oxygen atoms in total. The van der Waals surface area contributed by atoms with Crippen LogP contribution in [0, 0.1) is 5.82 Å². The molecule has 2 heterocycles. The molecule has 0 aliphatic carbocycles. The highest BCUT2D eigenvalue weighted by Crippen LogP contribution is 2.38. The lowest BCUT2D eigenvalue weighted by Gasteiger charge is -2.13. The first-order chi connectivity index (χ1) is 14.6. The van der Waals surface area contributed by atoms with E-state index in [0.717, 1.165) is 10.9 Å². The van der Waals surface area contributed by atoms with Gasteiger partial charge in [0.05, 0.1) is 32.5 Å². The average Bonchev–Trinajstić information content (AvgIpc) is 3.35. The van der Waals surface area contributed by atoms with Crippen molar-refractivity contribution in [3.8, 4) is 26.7 Å². The second-order valence-electron chi connectivity index (χ2n) is 7.53. The number of aliphatic hydroxyl groups is 1. The number of rotatable bonds is 5. The van der Waals surface area contributed by atoms with Crippen LogP contribution in [-0.4, -0.2) is 26.0 Å². The van der Waals surface area contributed by atoms with Gasteiger partial charge in [-0.25, -0.2) is 13.9 Å². The Morgan fingerprint density at radius 2 is 1.81 bits per heavy atom. The first-order valence-corrected chi connectivity index (χ1v) is 10.6. The van der Waals surface area contributed by atoms with Crippen molar-refractivity contribution in [2.45, 2.75) is 19.4 Å². The predicted molar refractivity (Wildman–Crippen MR) is 119 cm³/mol. The molecular weight excluding hydrogens is 439 g/mol. The van der Waals surface area contributed by atoms with E-state index in [-0.39, 0.29) is 5.56 Å². The van der Waals surface area contributed by atoms with Gasteiger partial charge < -0.3 is 10.2 Å².